The maximum absolute atomic E-state index is 12.7. The van der Waals surface area contributed by atoms with Crippen molar-refractivity contribution in [1.82, 2.24) is 15.1 Å². The van der Waals surface area contributed by atoms with Crippen molar-refractivity contribution >= 4 is 23.2 Å². The molecular formula is C23H30N4O2S. The number of guanidine groups is 1. The van der Waals surface area contributed by atoms with Crippen molar-refractivity contribution in [3.8, 4) is 0 Å². The van der Waals surface area contributed by atoms with E-state index in [9.17, 15) is 4.79 Å². The Morgan fingerprint density at radius 2 is 2.13 bits per heavy atom. The third-order valence-electron chi connectivity index (χ3n) is 5.90. The van der Waals surface area contributed by atoms with Crippen molar-refractivity contribution in [1.29, 1.82) is 0 Å². The van der Waals surface area contributed by atoms with Gasteiger partial charge in [-0.1, -0.05) is 24.3 Å². The SMILES string of the molecule is CN=C(NCCC(=O)N1CCc2sccc2C1)N1CCOC(c2ccccc2C)C1. The van der Waals surface area contributed by atoms with E-state index in [1.165, 1.54) is 21.6 Å². The Kier molecular flexibility index (Phi) is 6.69. The van der Waals surface area contributed by atoms with E-state index < -0.39 is 0 Å². The predicted molar refractivity (Wildman–Crippen MR) is 121 cm³/mol. The molecule has 2 aliphatic heterocycles. The Balaban J connectivity index is 1.28. The molecule has 30 heavy (non-hydrogen) atoms. The highest BCUT2D eigenvalue weighted by Crippen LogP contribution is 2.25. The lowest BCUT2D eigenvalue weighted by atomic mass is 10.0. The molecule has 1 atom stereocenters. The fourth-order valence-corrected chi connectivity index (χ4v) is 5.10. The average Bonchev–Trinajstić information content (AvgIpc) is 3.25. The third-order valence-corrected chi connectivity index (χ3v) is 6.92. The molecular weight excluding hydrogens is 396 g/mol. The van der Waals surface area contributed by atoms with Crippen LogP contribution in [-0.4, -0.2) is 61.5 Å². The monoisotopic (exact) mass is 426 g/mol. The summed E-state index contributed by atoms with van der Waals surface area (Å²) in [4.78, 5) is 22.7. The number of hydrogen-bond acceptors (Lipinski definition) is 4. The Hall–Kier alpha value is -2.38. The number of carbonyl (C=O) groups excluding carboxylic acids is 1. The van der Waals surface area contributed by atoms with Crippen molar-refractivity contribution in [2.45, 2.75) is 32.4 Å². The second kappa shape index (κ2) is 9.62. The molecule has 1 fully saturated rings. The molecule has 0 bridgehead atoms. The van der Waals surface area contributed by atoms with E-state index >= 15 is 0 Å². The van der Waals surface area contributed by atoms with Crippen LogP contribution in [-0.2, 0) is 22.5 Å². The van der Waals surface area contributed by atoms with Crippen molar-refractivity contribution in [3.63, 3.8) is 0 Å². The lowest BCUT2D eigenvalue weighted by Crippen LogP contribution is -2.49. The number of aliphatic imine (C=N–C) groups is 1. The van der Waals surface area contributed by atoms with Gasteiger partial charge in [-0.3, -0.25) is 9.79 Å². The van der Waals surface area contributed by atoms with Crippen LogP contribution in [0.1, 0.15) is 34.1 Å². The van der Waals surface area contributed by atoms with Gasteiger partial charge in [0.05, 0.1) is 13.2 Å². The first-order valence-electron chi connectivity index (χ1n) is 10.6. The standard InChI is InChI=1S/C23H30N4O2S/c1-17-5-3-4-6-19(17)20-16-27(12-13-29-20)23(24-2)25-10-7-22(28)26-11-8-21-18(15-26)9-14-30-21/h3-6,9,14,20H,7-8,10-13,15-16H2,1-2H3,(H,24,25). The molecule has 1 unspecified atom stereocenters. The minimum Gasteiger partial charge on any atom is -0.370 e. The van der Waals surface area contributed by atoms with Crippen LogP contribution in [0.2, 0.25) is 0 Å². The van der Waals surface area contributed by atoms with Crippen LogP contribution in [0.5, 0.6) is 0 Å². The van der Waals surface area contributed by atoms with E-state index in [2.05, 4.69) is 57.8 Å². The van der Waals surface area contributed by atoms with Gasteiger partial charge in [-0.05, 0) is 41.5 Å². The van der Waals surface area contributed by atoms with E-state index in [1.54, 1.807) is 18.4 Å². The number of aryl methyl sites for hydroxylation is 1. The Labute approximate surface area is 182 Å². The van der Waals surface area contributed by atoms with Crippen molar-refractivity contribution in [2.75, 3.05) is 39.8 Å². The smallest absolute Gasteiger partial charge is 0.224 e. The first-order chi connectivity index (χ1) is 14.7. The number of rotatable bonds is 4. The average molecular weight is 427 g/mol. The quantitative estimate of drug-likeness (QED) is 0.603. The maximum atomic E-state index is 12.7. The normalized spacial score (nSPS) is 19.5. The number of carbonyl (C=O) groups is 1. The number of hydrogen-bond donors (Lipinski definition) is 1. The molecule has 1 saturated heterocycles. The number of morpholine rings is 1. The number of thiophene rings is 1. The van der Waals surface area contributed by atoms with Crippen LogP contribution >= 0.6 is 11.3 Å². The fraction of sp³-hybridized carbons (Fsp3) is 0.478. The minimum atomic E-state index is 0.0355. The van der Waals surface area contributed by atoms with E-state index in [0.717, 1.165) is 38.6 Å². The zero-order valence-corrected chi connectivity index (χ0v) is 18.6. The Bertz CT molecular complexity index is 910. The molecule has 6 nitrogen and oxygen atoms in total. The predicted octanol–water partition coefficient (Wildman–Crippen LogP) is 2.98. The van der Waals surface area contributed by atoms with Gasteiger partial charge < -0.3 is 19.9 Å². The third kappa shape index (κ3) is 4.68. The summed E-state index contributed by atoms with van der Waals surface area (Å²) in [6.45, 7) is 6.49. The lowest BCUT2D eigenvalue weighted by molar-refractivity contribution is -0.131. The summed E-state index contributed by atoms with van der Waals surface area (Å²) in [7, 11) is 1.80. The highest BCUT2D eigenvalue weighted by atomic mass is 32.1. The number of benzene rings is 1. The second-order valence-corrected chi connectivity index (χ2v) is 8.82. The molecule has 4 rings (SSSR count). The molecule has 0 saturated carbocycles. The highest BCUT2D eigenvalue weighted by molar-refractivity contribution is 7.10. The Morgan fingerprint density at radius 1 is 1.27 bits per heavy atom. The number of nitrogens with zero attached hydrogens (tertiary/aromatic N) is 3. The molecule has 2 aromatic rings. The number of nitrogens with one attached hydrogen (secondary N) is 1. The van der Waals surface area contributed by atoms with Gasteiger partial charge in [-0.15, -0.1) is 11.3 Å². The maximum Gasteiger partial charge on any atom is 0.224 e. The van der Waals surface area contributed by atoms with E-state index in [-0.39, 0.29) is 12.0 Å². The highest BCUT2D eigenvalue weighted by Gasteiger charge is 2.25. The molecule has 2 aliphatic rings. The first-order valence-corrected chi connectivity index (χ1v) is 11.5. The molecule has 160 valence electrons. The summed E-state index contributed by atoms with van der Waals surface area (Å²) in [6.07, 6.45) is 1.49. The fourth-order valence-electron chi connectivity index (χ4n) is 4.21. The molecule has 0 aliphatic carbocycles. The zero-order valence-electron chi connectivity index (χ0n) is 17.8. The van der Waals surface area contributed by atoms with Gasteiger partial charge in [0, 0.05) is 44.5 Å². The number of fused-ring (bicyclic) bond motifs is 1. The van der Waals surface area contributed by atoms with Crippen LogP contribution in [0, 0.1) is 6.92 Å². The van der Waals surface area contributed by atoms with Crippen LogP contribution in [0.4, 0.5) is 0 Å². The molecule has 1 aromatic heterocycles. The molecule has 7 heteroatoms. The second-order valence-electron chi connectivity index (χ2n) is 7.82. The summed E-state index contributed by atoms with van der Waals surface area (Å²) < 4.78 is 6.03. The Morgan fingerprint density at radius 3 is 2.97 bits per heavy atom. The summed E-state index contributed by atoms with van der Waals surface area (Å²) in [5, 5.41) is 5.51. The van der Waals surface area contributed by atoms with Gasteiger partial charge in [-0.25, -0.2) is 0 Å². The first kappa shape index (κ1) is 20.9. The van der Waals surface area contributed by atoms with Gasteiger partial charge in [0.1, 0.15) is 6.10 Å². The van der Waals surface area contributed by atoms with Crippen LogP contribution in [0.25, 0.3) is 0 Å². The van der Waals surface area contributed by atoms with Gasteiger partial charge in [0.15, 0.2) is 5.96 Å². The van der Waals surface area contributed by atoms with Crippen LogP contribution in [0.15, 0.2) is 40.7 Å². The molecule has 0 radical (unpaired) electrons. The van der Waals surface area contributed by atoms with E-state index in [0.29, 0.717) is 19.6 Å². The van der Waals surface area contributed by atoms with Crippen LogP contribution < -0.4 is 5.32 Å². The molecule has 1 amide bonds. The van der Waals surface area contributed by atoms with E-state index in [1.807, 2.05) is 4.90 Å². The van der Waals surface area contributed by atoms with Crippen molar-refractivity contribution in [2.24, 2.45) is 4.99 Å². The number of ether oxygens (including phenoxy) is 1. The van der Waals surface area contributed by atoms with Crippen molar-refractivity contribution < 1.29 is 9.53 Å². The molecule has 1 aromatic carbocycles. The number of amides is 1. The lowest BCUT2D eigenvalue weighted by Gasteiger charge is -2.36. The van der Waals surface area contributed by atoms with Gasteiger partial charge >= 0.3 is 0 Å². The molecule has 1 N–H and O–H groups in total. The minimum absolute atomic E-state index is 0.0355. The van der Waals surface area contributed by atoms with Crippen molar-refractivity contribution in [3.05, 3.63) is 57.3 Å². The van der Waals surface area contributed by atoms with E-state index in [4.69, 9.17) is 4.74 Å². The molecule has 0 spiro atoms. The summed E-state index contributed by atoms with van der Waals surface area (Å²) >= 11 is 1.80. The van der Waals surface area contributed by atoms with Gasteiger partial charge in [-0.2, -0.15) is 0 Å². The largest absolute Gasteiger partial charge is 0.370 e. The zero-order chi connectivity index (χ0) is 20.9. The summed E-state index contributed by atoms with van der Waals surface area (Å²) in [6, 6.07) is 10.5. The summed E-state index contributed by atoms with van der Waals surface area (Å²) in [5.74, 6) is 1.04. The topological polar surface area (TPSA) is 57.2 Å². The van der Waals surface area contributed by atoms with Gasteiger partial charge in [0.25, 0.3) is 0 Å². The van der Waals surface area contributed by atoms with Crippen LogP contribution in [0.3, 0.4) is 0 Å². The molecule has 3 heterocycles. The summed E-state index contributed by atoms with van der Waals surface area (Å²) in [5.41, 5.74) is 3.78. The van der Waals surface area contributed by atoms with Gasteiger partial charge in [0.2, 0.25) is 5.91 Å².